The average Bonchev–Trinajstić information content (AvgIpc) is 3.32. The van der Waals surface area contributed by atoms with Crippen molar-refractivity contribution >= 4 is 34.7 Å². The third-order valence-corrected chi connectivity index (χ3v) is 4.95. The van der Waals surface area contributed by atoms with Crippen molar-refractivity contribution in [3.05, 3.63) is 40.7 Å². The van der Waals surface area contributed by atoms with E-state index in [9.17, 15) is 9.59 Å². The van der Waals surface area contributed by atoms with Crippen LogP contribution in [0.15, 0.2) is 35.8 Å². The Hall–Kier alpha value is -2.41. The van der Waals surface area contributed by atoms with Gasteiger partial charge < -0.3 is 15.5 Å². The van der Waals surface area contributed by atoms with E-state index >= 15 is 0 Å². The van der Waals surface area contributed by atoms with E-state index in [1.165, 1.54) is 11.3 Å². The smallest absolute Gasteiger partial charge is 0.261 e. The lowest BCUT2D eigenvalue weighted by molar-refractivity contribution is -0.116. The van der Waals surface area contributed by atoms with E-state index in [-0.39, 0.29) is 11.8 Å². The Balaban J connectivity index is 1.44. The Morgan fingerprint density at radius 2 is 2.04 bits per heavy atom. The summed E-state index contributed by atoms with van der Waals surface area (Å²) >= 11 is 1.41. The molecule has 0 aliphatic carbocycles. The molecule has 1 aliphatic heterocycles. The molecule has 2 amide bonds. The summed E-state index contributed by atoms with van der Waals surface area (Å²) < 4.78 is 0. The van der Waals surface area contributed by atoms with Gasteiger partial charge in [0.25, 0.3) is 5.91 Å². The monoisotopic (exact) mass is 358 g/mol. The number of nitrogens with one attached hydrogen (secondary N) is 2. The second kappa shape index (κ2) is 8.62. The van der Waals surface area contributed by atoms with Gasteiger partial charge in [0.2, 0.25) is 5.91 Å². The molecule has 7 heteroatoms. The van der Waals surface area contributed by atoms with E-state index in [0.29, 0.717) is 24.3 Å². The Labute approximate surface area is 151 Å². The Morgan fingerprint density at radius 1 is 1.20 bits per heavy atom. The van der Waals surface area contributed by atoms with Gasteiger partial charge in [-0.05, 0) is 42.8 Å². The van der Waals surface area contributed by atoms with Crippen LogP contribution in [-0.2, 0) is 4.79 Å². The Bertz CT molecular complexity index is 712. The van der Waals surface area contributed by atoms with Crippen molar-refractivity contribution in [1.82, 2.24) is 10.3 Å². The lowest BCUT2D eigenvalue weighted by Crippen LogP contribution is -2.25. The van der Waals surface area contributed by atoms with Gasteiger partial charge in [0.1, 0.15) is 0 Å². The Morgan fingerprint density at radius 3 is 2.80 bits per heavy atom. The van der Waals surface area contributed by atoms with Gasteiger partial charge in [0.15, 0.2) is 5.82 Å². The van der Waals surface area contributed by atoms with Crippen LogP contribution in [0.1, 0.15) is 35.4 Å². The van der Waals surface area contributed by atoms with Crippen molar-refractivity contribution in [1.29, 1.82) is 0 Å². The normalized spacial score (nSPS) is 13.7. The summed E-state index contributed by atoms with van der Waals surface area (Å²) in [4.78, 5) is 31.3. The first-order valence-electron chi connectivity index (χ1n) is 8.55. The van der Waals surface area contributed by atoms with E-state index in [0.717, 1.165) is 37.4 Å². The zero-order valence-corrected chi connectivity index (χ0v) is 14.8. The maximum absolute atomic E-state index is 12.2. The van der Waals surface area contributed by atoms with Gasteiger partial charge in [0.05, 0.1) is 10.6 Å². The summed E-state index contributed by atoms with van der Waals surface area (Å²) in [5, 5.41) is 7.65. The largest absolute Gasteiger partial charge is 0.355 e. The van der Waals surface area contributed by atoms with Gasteiger partial charge in [-0.25, -0.2) is 4.98 Å². The van der Waals surface area contributed by atoms with Gasteiger partial charge in [0, 0.05) is 32.3 Å². The van der Waals surface area contributed by atoms with E-state index in [1.807, 2.05) is 23.6 Å². The first-order valence-corrected chi connectivity index (χ1v) is 9.43. The van der Waals surface area contributed by atoms with Gasteiger partial charge in [-0.15, -0.1) is 11.3 Å². The molecule has 2 aromatic heterocycles. The zero-order chi connectivity index (χ0) is 17.5. The third-order valence-electron chi connectivity index (χ3n) is 4.08. The minimum atomic E-state index is -0.0843. The number of pyridine rings is 1. The molecule has 0 saturated carbocycles. The topological polar surface area (TPSA) is 74.3 Å². The molecule has 0 unspecified atom stereocenters. The molecular weight excluding hydrogens is 336 g/mol. The molecule has 0 atom stereocenters. The summed E-state index contributed by atoms with van der Waals surface area (Å²) in [6, 6.07) is 7.35. The van der Waals surface area contributed by atoms with Crippen LogP contribution in [0, 0.1) is 0 Å². The van der Waals surface area contributed by atoms with E-state index in [2.05, 4.69) is 20.5 Å². The number of aromatic nitrogens is 1. The molecule has 0 aromatic carbocycles. The van der Waals surface area contributed by atoms with Crippen LogP contribution in [0.3, 0.4) is 0 Å². The summed E-state index contributed by atoms with van der Waals surface area (Å²) in [6.07, 6.45) is 5.03. The predicted molar refractivity (Wildman–Crippen MR) is 100 cm³/mol. The number of thiophene rings is 1. The van der Waals surface area contributed by atoms with Gasteiger partial charge in [-0.2, -0.15) is 0 Å². The molecule has 3 heterocycles. The van der Waals surface area contributed by atoms with Crippen molar-refractivity contribution < 1.29 is 9.59 Å². The molecule has 25 heavy (non-hydrogen) atoms. The minimum Gasteiger partial charge on any atom is -0.355 e. The van der Waals surface area contributed by atoms with Gasteiger partial charge in [-0.1, -0.05) is 6.07 Å². The highest BCUT2D eigenvalue weighted by Crippen LogP contribution is 2.26. The first-order chi connectivity index (χ1) is 12.2. The summed E-state index contributed by atoms with van der Waals surface area (Å²) in [6.45, 7) is 2.44. The summed E-state index contributed by atoms with van der Waals surface area (Å²) in [5.41, 5.74) is 0.761. The molecule has 0 bridgehead atoms. The number of anilines is 2. The number of amides is 2. The molecule has 132 valence electrons. The fourth-order valence-corrected chi connectivity index (χ4v) is 3.47. The van der Waals surface area contributed by atoms with Crippen LogP contribution in [0.4, 0.5) is 11.5 Å². The van der Waals surface area contributed by atoms with Crippen LogP contribution >= 0.6 is 11.3 Å². The number of rotatable bonds is 7. The van der Waals surface area contributed by atoms with Gasteiger partial charge in [-0.3, -0.25) is 9.59 Å². The maximum Gasteiger partial charge on any atom is 0.261 e. The second-order valence-corrected chi connectivity index (χ2v) is 6.90. The molecule has 2 N–H and O–H groups in total. The van der Waals surface area contributed by atoms with E-state index in [4.69, 9.17) is 0 Å². The molecule has 0 spiro atoms. The van der Waals surface area contributed by atoms with Crippen LogP contribution in [0.25, 0.3) is 0 Å². The highest BCUT2D eigenvalue weighted by molar-refractivity contribution is 7.12. The second-order valence-electron chi connectivity index (χ2n) is 5.95. The zero-order valence-electron chi connectivity index (χ0n) is 14.0. The van der Waals surface area contributed by atoms with E-state index in [1.54, 1.807) is 12.3 Å². The maximum atomic E-state index is 12.2. The van der Waals surface area contributed by atoms with E-state index < -0.39 is 0 Å². The number of hydrogen-bond acceptors (Lipinski definition) is 5. The first kappa shape index (κ1) is 17.4. The Kier molecular flexibility index (Phi) is 6.00. The van der Waals surface area contributed by atoms with Crippen LogP contribution in [0.2, 0.25) is 0 Å². The van der Waals surface area contributed by atoms with Crippen molar-refractivity contribution in [2.75, 3.05) is 29.9 Å². The van der Waals surface area contributed by atoms with Crippen LogP contribution in [-0.4, -0.2) is 36.4 Å². The highest BCUT2D eigenvalue weighted by atomic mass is 32.1. The number of hydrogen-bond donors (Lipinski definition) is 2. The van der Waals surface area contributed by atoms with Crippen molar-refractivity contribution in [2.45, 2.75) is 25.7 Å². The van der Waals surface area contributed by atoms with Crippen molar-refractivity contribution in [2.24, 2.45) is 0 Å². The van der Waals surface area contributed by atoms with Crippen molar-refractivity contribution in [3.63, 3.8) is 0 Å². The van der Waals surface area contributed by atoms with Crippen LogP contribution in [0.5, 0.6) is 0 Å². The fraction of sp³-hybridized carbons (Fsp3) is 0.389. The fourth-order valence-electron chi connectivity index (χ4n) is 2.83. The van der Waals surface area contributed by atoms with Crippen LogP contribution < -0.4 is 15.5 Å². The van der Waals surface area contributed by atoms with Crippen molar-refractivity contribution in [3.8, 4) is 0 Å². The molecule has 2 aromatic rings. The predicted octanol–water partition coefficient (Wildman–Crippen LogP) is 2.89. The third kappa shape index (κ3) is 4.79. The molecular formula is C18H22N4O2S. The van der Waals surface area contributed by atoms with Gasteiger partial charge >= 0.3 is 0 Å². The minimum absolute atomic E-state index is 0.0566. The summed E-state index contributed by atoms with van der Waals surface area (Å²) in [7, 11) is 0. The molecule has 1 fully saturated rings. The summed E-state index contributed by atoms with van der Waals surface area (Å²) in [5.74, 6) is 0.706. The molecule has 1 saturated heterocycles. The standard InChI is InChI=1S/C18H22N4O2S/c23-16(8-4-10-20-18(24)15-7-5-13-25-15)21-14-6-3-9-19-17(14)22-11-1-2-12-22/h3,5-7,9,13H,1-2,4,8,10-12H2,(H,20,24)(H,21,23). The number of carbonyl (C=O) groups excluding carboxylic acids is 2. The molecule has 3 rings (SSSR count). The average molecular weight is 358 g/mol. The number of carbonyl (C=O) groups is 2. The molecule has 1 aliphatic rings. The highest BCUT2D eigenvalue weighted by Gasteiger charge is 2.17. The molecule has 0 radical (unpaired) electrons. The molecule has 6 nitrogen and oxygen atoms in total. The lowest BCUT2D eigenvalue weighted by atomic mass is 10.2. The number of nitrogens with zero attached hydrogens (tertiary/aromatic N) is 2. The SMILES string of the molecule is O=C(CCCNC(=O)c1cccs1)Nc1cccnc1N1CCCC1. The quantitative estimate of drug-likeness (QED) is 0.747. The lowest BCUT2D eigenvalue weighted by Gasteiger charge is -2.19.